The van der Waals surface area contributed by atoms with Crippen LogP contribution in [0.3, 0.4) is 0 Å². The summed E-state index contributed by atoms with van der Waals surface area (Å²) in [5.74, 6) is 0.0388. The van der Waals surface area contributed by atoms with Crippen molar-refractivity contribution in [2.24, 2.45) is 5.92 Å². The number of nitrogen functional groups attached to an aromatic ring is 1. The van der Waals surface area contributed by atoms with Crippen LogP contribution in [0.25, 0.3) is 0 Å². The molecule has 0 aromatic heterocycles. The lowest BCUT2D eigenvalue weighted by molar-refractivity contribution is 0.0932. The van der Waals surface area contributed by atoms with Crippen LogP contribution in [-0.2, 0) is 0 Å². The van der Waals surface area contributed by atoms with Gasteiger partial charge in [-0.25, -0.2) is 4.39 Å². The van der Waals surface area contributed by atoms with E-state index in [0.29, 0.717) is 5.56 Å². The molecule has 1 aliphatic rings. The van der Waals surface area contributed by atoms with Crippen LogP contribution in [0.5, 0.6) is 0 Å². The number of hydrogen-bond donors (Lipinski definition) is 2. The van der Waals surface area contributed by atoms with E-state index in [-0.39, 0.29) is 17.6 Å². The van der Waals surface area contributed by atoms with Gasteiger partial charge in [0.15, 0.2) is 0 Å². The molecule has 18 heavy (non-hydrogen) atoms. The van der Waals surface area contributed by atoms with Gasteiger partial charge in [-0.2, -0.15) is 0 Å². The molecule has 0 heterocycles. The molecule has 0 radical (unpaired) electrons. The van der Waals surface area contributed by atoms with Gasteiger partial charge in [-0.15, -0.1) is 0 Å². The average Bonchev–Trinajstić information content (AvgIpc) is 3.10. The summed E-state index contributed by atoms with van der Waals surface area (Å²) in [6, 6.07) is 4.10. The summed E-state index contributed by atoms with van der Waals surface area (Å²) in [5.41, 5.74) is 6.10. The predicted octanol–water partition coefficient (Wildman–Crippen LogP) is 2.72. The standard InChI is InChI=1S/C14H19FN2O/c1-2-13(5-9-3-4-9)17-14(18)10-6-11(15)8-12(16)7-10/h6-9,13H,2-5,16H2,1H3,(H,17,18). The van der Waals surface area contributed by atoms with E-state index < -0.39 is 5.82 Å². The first-order valence-electron chi connectivity index (χ1n) is 6.45. The number of anilines is 1. The fourth-order valence-electron chi connectivity index (χ4n) is 2.10. The molecule has 2 rings (SSSR count). The number of benzene rings is 1. The molecule has 1 aliphatic carbocycles. The Hall–Kier alpha value is -1.58. The molecule has 1 saturated carbocycles. The molecular formula is C14H19FN2O. The minimum atomic E-state index is -0.476. The van der Waals surface area contributed by atoms with E-state index in [1.807, 2.05) is 6.92 Å². The summed E-state index contributed by atoms with van der Waals surface area (Å²) < 4.78 is 13.2. The summed E-state index contributed by atoms with van der Waals surface area (Å²) in [4.78, 5) is 12.0. The summed E-state index contributed by atoms with van der Waals surface area (Å²) in [5, 5.41) is 2.95. The van der Waals surface area contributed by atoms with Gasteiger partial charge >= 0.3 is 0 Å². The number of carbonyl (C=O) groups excluding carboxylic acids is 1. The molecule has 1 atom stereocenters. The van der Waals surface area contributed by atoms with Gasteiger partial charge in [0.25, 0.3) is 5.91 Å². The van der Waals surface area contributed by atoms with Crippen molar-refractivity contribution in [3.8, 4) is 0 Å². The van der Waals surface area contributed by atoms with Crippen molar-refractivity contribution in [1.29, 1.82) is 0 Å². The van der Waals surface area contributed by atoms with Crippen molar-refractivity contribution >= 4 is 11.6 Å². The molecule has 3 N–H and O–H groups in total. The van der Waals surface area contributed by atoms with E-state index in [9.17, 15) is 9.18 Å². The van der Waals surface area contributed by atoms with Gasteiger partial charge in [0.2, 0.25) is 0 Å². The highest BCUT2D eigenvalue weighted by Crippen LogP contribution is 2.34. The van der Waals surface area contributed by atoms with Gasteiger partial charge in [-0.05, 0) is 37.0 Å². The van der Waals surface area contributed by atoms with Crippen molar-refractivity contribution < 1.29 is 9.18 Å². The Bertz CT molecular complexity index is 423. The van der Waals surface area contributed by atoms with Crippen LogP contribution in [-0.4, -0.2) is 11.9 Å². The Morgan fingerprint density at radius 3 is 2.78 bits per heavy atom. The smallest absolute Gasteiger partial charge is 0.251 e. The van der Waals surface area contributed by atoms with Gasteiger partial charge in [0.1, 0.15) is 5.82 Å². The second-order valence-corrected chi connectivity index (χ2v) is 5.03. The zero-order valence-corrected chi connectivity index (χ0v) is 10.6. The molecule has 1 unspecified atom stereocenters. The number of carbonyl (C=O) groups is 1. The maximum absolute atomic E-state index is 13.2. The molecule has 4 heteroatoms. The van der Waals surface area contributed by atoms with E-state index >= 15 is 0 Å². The highest BCUT2D eigenvalue weighted by atomic mass is 19.1. The Morgan fingerprint density at radius 2 is 2.22 bits per heavy atom. The third-order valence-corrected chi connectivity index (χ3v) is 3.33. The number of hydrogen-bond acceptors (Lipinski definition) is 2. The molecule has 0 aliphatic heterocycles. The lowest BCUT2D eigenvalue weighted by atomic mass is 10.1. The third kappa shape index (κ3) is 3.45. The Kier molecular flexibility index (Phi) is 3.84. The third-order valence-electron chi connectivity index (χ3n) is 3.33. The van der Waals surface area contributed by atoms with Crippen molar-refractivity contribution in [2.75, 3.05) is 5.73 Å². The largest absolute Gasteiger partial charge is 0.399 e. The molecule has 98 valence electrons. The lowest BCUT2D eigenvalue weighted by Crippen LogP contribution is -2.34. The molecule has 0 bridgehead atoms. The monoisotopic (exact) mass is 250 g/mol. The molecule has 0 spiro atoms. The number of halogens is 1. The number of rotatable bonds is 5. The second-order valence-electron chi connectivity index (χ2n) is 5.03. The topological polar surface area (TPSA) is 55.1 Å². The van der Waals surface area contributed by atoms with Crippen LogP contribution in [0.15, 0.2) is 18.2 Å². The number of nitrogens with one attached hydrogen (secondary N) is 1. The molecule has 1 aromatic rings. The fraction of sp³-hybridized carbons (Fsp3) is 0.500. The minimum absolute atomic E-state index is 0.175. The van der Waals surface area contributed by atoms with E-state index in [0.717, 1.165) is 18.8 Å². The molecular weight excluding hydrogens is 231 g/mol. The summed E-state index contributed by atoms with van der Waals surface area (Å²) in [6.07, 6.45) is 4.44. The summed E-state index contributed by atoms with van der Waals surface area (Å²) >= 11 is 0. The van der Waals surface area contributed by atoms with E-state index in [1.165, 1.54) is 31.0 Å². The van der Waals surface area contributed by atoms with Crippen molar-refractivity contribution in [3.63, 3.8) is 0 Å². The molecule has 3 nitrogen and oxygen atoms in total. The minimum Gasteiger partial charge on any atom is -0.399 e. The van der Waals surface area contributed by atoms with Crippen LogP contribution in [0.1, 0.15) is 43.0 Å². The Labute approximate surface area is 107 Å². The second kappa shape index (κ2) is 5.38. The van der Waals surface area contributed by atoms with Gasteiger partial charge in [-0.3, -0.25) is 4.79 Å². The maximum Gasteiger partial charge on any atom is 0.251 e. The SMILES string of the molecule is CCC(CC1CC1)NC(=O)c1cc(N)cc(F)c1. The van der Waals surface area contributed by atoms with Gasteiger partial charge in [0.05, 0.1) is 0 Å². The average molecular weight is 250 g/mol. The van der Waals surface area contributed by atoms with Gasteiger partial charge in [0, 0.05) is 17.3 Å². The van der Waals surface area contributed by atoms with E-state index in [1.54, 1.807) is 0 Å². The first kappa shape index (κ1) is 12.9. The lowest BCUT2D eigenvalue weighted by Gasteiger charge is -2.16. The van der Waals surface area contributed by atoms with Gasteiger partial charge < -0.3 is 11.1 Å². The van der Waals surface area contributed by atoms with Crippen LogP contribution >= 0.6 is 0 Å². The quantitative estimate of drug-likeness (QED) is 0.789. The van der Waals surface area contributed by atoms with Crippen LogP contribution in [0.4, 0.5) is 10.1 Å². The highest BCUT2D eigenvalue weighted by molar-refractivity contribution is 5.95. The normalized spacial score (nSPS) is 16.3. The van der Waals surface area contributed by atoms with Crippen molar-refractivity contribution in [1.82, 2.24) is 5.32 Å². The molecule has 1 aromatic carbocycles. The Balaban J connectivity index is 2.00. The van der Waals surface area contributed by atoms with Crippen LogP contribution in [0.2, 0.25) is 0 Å². The van der Waals surface area contributed by atoms with E-state index in [4.69, 9.17) is 5.73 Å². The first-order valence-corrected chi connectivity index (χ1v) is 6.45. The first-order chi connectivity index (χ1) is 8.58. The summed E-state index contributed by atoms with van der Waals surface area (Å²) in [6.45, 7) is 2.05. The van der Waals surface area contributed by atoms with Crippen LogP contribution < -0.4 is 11.1 Å². The Morgan fingerprint density at radius 1 is 1.50 bits per heavy atom. The van der Waals surface area contributed by atoms with E-state index in [2.05, 4.69) is 5.32 Å². The zero-order chi connectivity index (χ0) is 13.1. The van der Waals surface area contributed by atoms with Crippen molar-refractivity contribution in [2.45, 2.75) is 38.6 Å². The molecule has 1 fully saturated rings. The van der Waals surface area contributed by atoms with Gasteiger partial charge in [-0.1, -0.05) is 19.8 Å². The predicted molar refractivity (Wildman–Crippen MR) is 69.7 cm³/mol. The fourth-order valence-corrected chi connectivity index (χ4v) is 2.10. The summed E-state index contributed by atoms with van der Waals surface area (Å²) in [7, 11) is 0. The highest BCUT2D eigenvalue weighted by Gasteiger charge is 2.25. The number of nitrogens with two attached hydrogens (primary N) is 1. The molecule has 0 saturated heterocycles. The van der Waals surface area contributed by atoms with Crippen molar-refractivity contribution in [3.05, 3.63) is 29.6 Å². The molecule has 1 amide bonds. The number of amides is 1. The zero-order valence-electron chi connectivity index (χ0n) is 10.6. The van der Waals surface area contributed by atoms with Crippen LogP contribution in [0, 0.1) is 11.7 Å². The maximum atomic E-state index is 13.2.